The molecule has 1 aromatic rings. The molecule has 0 unspecified atom stereocenters. The number of ether oxygens (including phenoxy) is 1. The van der Waals surface area contributed by atoms with Crippen LogP contribution in [0.2, 0.25) is 0 Å². The van der Waals surface area contributed by atoms with E-state index >= 15 is 0 Å². The zero-order valence-corrected chi connectivity index (χ0v) is 8.96. The lowest BCUT2D eigenvalue weighted by Crippen LogP contribution is -2.20. The number of hydrogen-bond acceptors (Lipinski definition) is 3. The second-order valence-electron chi connectivity index (χ2n) is 3.52. The molecule has 0 heterocycles. The Balaban J connectivity index is 2.31. The number of hydrogen-bond donors (Lipinski definition) is 1. The van der Waals surface area contributed by atoms with E-state index in [4.69, 9.17) is 5.73 Å². The van der Waals surface area contributed by atoms with Crippen LogP contribution >= 0.6 is 0 Å². The third-order valence-corrected chi connectivity index (χ3v) is 1.99. The van der Waals surface area contributed by atoms with Crippen molar-refractivity contribution in [3.8, 4) is 0 Å². The molecule has 0 spiro atoms. The zero-order valence-electron chi connectivity index (χ0n) is 8.96. The van der Waals surface area contributed by atoms with Crippen LogP contribution in [-0.4, -0.2) is 18.8 Å². The number of nitrogens with two attached hydrogens (primary N) is 1. The lowest BCUT2D eigenvalue weighted by molar-refractivity contribution is -0.186. The largest absolute Gasteiger partial charge is 0.456 e. The molecule has 0 aliphatic rings. The van der Waals surface area contributed by atoms with Gasteiger partial charge in [0.15, 0.2) is 6.61 Å². The summed E-state index contributed by atoms with van der Waals surface area (Å²) in [5.74, 6) is -0.862. The third kappa shape index (κ3) is 5.79. The summed E-state index contributed by atoms with van der Waals surface area (Å²) in [6.07, 6.45) is -4.23. The van der Waals surface area contributed by atoms with Gasteiger partial charge >= 0.3 is 12.1 Å². The van der Waals surface area contributed by atoms with E-state index in [9.17, 15) is 18.0 Å². The van der Waals surface area contributed by atoms with Gasteiger partial charge in [-0.1, -0.05) is 12.1 Å². The summed E-state index contributed by atoms with van der Waals surface area (Å²) >= 11 is 0. The molecule has 0 aromatic heterocycles. The molecule has 1 aromatic carbocycles. The second-order valence-corrected chi connectivity index (χ2v) is 3.52. The SMILES string of the molecule is Nc1ccc(CCC(=O)OCC(F)(F)F)cc1. The second kappa shape index (κ2) is 5.56. The minimum Gasteiger partial charge on any atom is -0.456 e. The fourth-order valence-electron chi connectivity index (χ4n) is 1.17. The van der Waals surface area contributed by atoms with Gasteiger partial charge in [-0.3, -0.25) is 4.79 Å². The molecular formula is C11H12F3NO2. The molecule has 0 atom stereocenters. The monoisotopic (exact) mass is 247 g/mol. The predicted octanol–water partition coefficient (Wildman–Crippen LogP) is 2.31. The Labute approximate surface area is 96.4 Å². The fourth-order valence-corrected chi connectivity index (χ4v) is 1.17. The van der Waals surface area contributed by atoms with Crippen molar-refractivity contribution in [3.05, 3.63) is 29.8 Å². The van der Waals surface area contributed by atoms with Gasteiger partial charge in [0.1, 0.15) is 0 Å². The molecule has 0 aliphatic carbocycles. The number of aryl methyl sites for hydroxylation is 1. The average molecular weight is 247 g/mol. The van der Waals surface area contributed by atoms with E-state index in [-0.39, 0.29) is 6.42 Å². The Kier molecular flexibility index (Phi) is 4.37. The smallest absolute Gasteiger partial charge is 0.422 e. The van der Waals surface area contributed by atoms with Gasteiger partial charge in [0.05, 0.1) is 0 Å². The number of carbonyl (C=O) groups is 1. The quantitative estimate of drug-likeness (QED) is 0.656. The standard InChI is InChI=1S/C11H12F3NO2/c12-11(13,14)7-17-10(16)6-3-8-1-4-9(15)5-2-8/h1-2,4-5H,3,6-7,15H2. The van der Waals surface area contributed by atoms with Gasteiger partial charge in [-0.2, -0.15) is 13.2 Å². The van der Waals surface area contributed by atoms with Crippen LogP contribution in [0, 0.1) is 0 Å². The molecule has 1 rings (SSSR count). The minimum atomic E-state index is -4.48. The van der Waals surface area contributed by atoms with Crippen molar-refractivity contribution in [2.45, 2.75) is 19.0 Å². The predicted molar refractivity (Wildman–Crippen MR) is 56.2 cm³/mol. The normalized spacial score (nSPS) is 11.2. The molecule has 0 radical (unpaired) electrons. The van der Waals surface area contributed by atoms with Crippen molar-refractivity contribution in [3.63, 3.8) is 0 Å². The Morgan fingerprint density at radius 3 is 2.35 bits per heavy atom. The highest BCUT2D eigenvalue weighted by Gasteiger charge is 2.29. The fraction of sp³-hybridized carbons (Fsp3) is 0.364. The number of alkyl halides is 3. The molecule has 3 nitrogen and oxygen atoms in total. The molecule has 0 aliphatic heterocycles. The van der Waals surface area contributed by atoms with E-state index in [1.165, 1.54) is 0 Å². The topological polar surface area (TPSA) is 52.3 Å². The van der Waals surface area contributed by atoms with E-state index in [1.807, 2.05) is 0 Å². The number of nitrogen functional groups attached to an aromatic ring is 1. The summed E-state index contributed by atoms with van der Waals surface area (Å²) in [6.45, 7) is -1.53. The van der Waals surface area contributed by atoms with Crippen molar-refractivity contribution in [1.29, 1.82) is 0 Å². The van der Waals surface area contributed by atoms with Crippen LogP contribution in [0.5, 0.6) is 0 Å². The van der Waals surface area contributed by atoms with Crippen molar-refractivity contribution >= 4 is 11.7 Å². The first-order chi connectivity index (χ1) is 7.87. The Morgan fingerprint density at radius 2 is 1.82 bits per heavy atom. The first kappa shape index (κ1) is 13.3. The lowest BCUT2D eigenvalue weighted by Gasteiger charge is -2.07. The van der Waals surface area contributed by atoms with Gasteiger partial charge in [-0.25, -0.2) is 0 Å². The molecule has 6 heteroatoms. The first-order valence-corrected chi connectivity index (χ1v) is 4.93. The Bertz CT molecular complexity index is 373. The van der Waals surface area contributed by atoms with Crippen LogP contribution in [0.15, 0.2) is 24.3 Å². The maximum absolute atomic E-state index is 11.7. The number of anilines is 1. The molecular weight excluding hydrogens is 235 g/mol. The number of benzene rings is 1. The van der Waals surface area contributed by atoms with Crippen LogP contribution in [-0.2, 0) is 16.0 Å². The number of rotatable bonds is 4. The van der Waals surface area contributed by atoms with Crippen LogP contribution in [0.25, 0.3) is 0 Å². The highest BCUT2D eigenvalue weighted by Crippen LogP contribution is 2.15. The molecule has 0 bridgehead atoms. The Hall–Kier alpha value is -1.72. The van der Waals surface area contributed by atoms with Gasteiger partial charge in [0.2, 0.25) is 0 Å². The molecule has 0 saturated carbocycles. The summed E-state index contributed by atoms with van der Waals surface area (Å²) in [6, 6.07) is 6.76. The average Bonchev–Trinajstić information content (AvgIpc) is 2.25. The molecule has 94 valence electrons. The van der Waals surface area contributed by atoms with Gasteiger partial charge in [0, 0.05) is 12.1 Å². The summed E-state index contributed by atoms with van der Waals surface area (Å²) in [7, 11) is 0. The summed E-state index contributed by atoms with van der Waals surface area (Å²) in [5.41, 5.74) is 6.88. The maximum atomic E-state index is 11.7. The lowest BCUT2D eigenvalue weighted by atomic mass is 10.1. The zero-order chi connectivity index (χ0) is 12.9. The summed E-state index contributed by atoms with van der Waals surface area (Å²) in [5, 5.41) is 0. The first-order valence-electron chi connectivity index (χ1n) is 4.93. The Morgan fingerprint density at radius 1 is 1.24 bits per heavy atom. The number of halogens is 3. The molecule has 0 fully saturated rings. The van der Waals surface area contributed by atoms with Crippen LogP contribution in [0.3, 0.4) is 0 Å². The van der Waals surface area contributed by atoms with Crippen molar-refractivity contribution in [2.75, 3.05) is 12.3 Å². The number of carbonyl (C=O) groups excluding carboxylic acids is 1. The maximum Gasteiger partial charge on any atom is 0.422 e. The van der Waals surface area contributed by atoms with Gasteiger partial charge in [-0.05, 0) is 24.1 Å². The van der Waals surface area contributed by atoms with Crippen molar-refractivity contribution in [2.24, 2.45) is 0 Å². The minimum absolute atomic E-state index is 0.0833. The van der Waals surface area contributed by atoms with Crippen molar-refractivity contribution < 1.29 is 22.7 Å². The highest BCUT2D eigenvalue weighted by atomic mass is 19.4. The molecule has 17 heavy (non-hydrogen) atoms. The van der Waals surface area contributed by atoms with E-state index in [0.29, 0.717) is 12.1 Å². The number of esters is 1. The van der Waals surface area contributed by atoms with Crippen molar-refractivity contribution in [1.82, 2.24) is 0 Å². The highest BCUT2D eigenvalue weighted by molar-refractivity contribution is 5.69. The van der Waals surface area contributed by atoms with Gasteiger partial charge in [0.25, 0.3) is 0 Å². The molecule has 0 saturated heterocycles. The summed E-state index contributed by atoms with van der Waals surface area (Å²) < 4.78 is 39.3. The van der Waals surface area contributed by atoms with Crippen LogP contribution in [0.4, 0.5) is 18.9 Å². The van der Waals surface area contributed by atoms with Gasteiger partial charge in [-0.15, -0.1) is 0 Å². The van der Waals surface area contributed by atoms with E-state index in [1.54, 1.807) is 24.3 Å². The van der Waals surface area contributed by atoms with Crippen LogP contribution in [0.1, 0.15) is 12.0 Å². The molecule has 2 N–H and O–H groups in total. The third-order valence-electron chi connectivity index (χ3n) is 1.99. The van der Waals surface area contributed by atoms with Crippen LogP contribution < -0.4 is 5.73 Å². The van der Waals surface area contributed by atoms with E-state index in [0.717, 1.165) is 5.56 Å². The molecule has 0 amide bonds. The summed E-state index contributed by atoms with van der Waals surface area (Å²) in [4.78, 5) is 11.0. The van der Waals surface area contributed by atoms with E-state index < -0.39 is 18.8 Å². The van der Waals surface area contributed by atoms with Gasteiger partial charge < -0.3 is 10.5 Å². The van der Waals surface area contributed by atoms with E-state index in [2.05, 4.69) is 4.74 Å².